The Morgan fingerprint density at radius 2 is 1.13 bits per heavy atom. The lowest BCUT2D eigenvalue weighted by Gasteiger charge is -2.00. The number of aromatic nitrogens is 4. The van der Waals surface area contributed by atoms with Crippen LogP contribution in [0, 0.1) is 0 Å². The minimum atomic E-state index is -1.82. The fourth-order valence-corrected chi connectivity index (χ4v) is 4.73. The van der Waals surface area contributed by atoms with E-state index in [1.807, 2.05) is 24.5 Å². The molecule has 0 unspecified atom stereocenters. The summed E-state index contributed by atoms with van der Waals surface area (Å²) in [5.74, 6) is -3.65. The molecule has 0 aliphatic heterocycles. The Kier molecular flexibility index (Phi) is 8.78. The predicted octanol–water partition coefficient (Wildman–Crippen LogP) is 6.26. The lowest BCUT2D eigenvalue weighted by molar-refractivity contribution is -0.159. The van der Waals surface area contributed by atoms with E-state index in [9.17, 15) is 0 Å². The number of aliphatic carboxylic acids is 2. The molecule has 8 nitrogen and oxygen atoms in total. The van der Waals surface area contributed by atoms with Gasteiger partial charge in [0.2, 0.25) is 0 Å². The average molecular weight is 551 g/mol. The van der Waals surface area contributed by atoms with Crippen molar-refractivity contribution in [3.05, 3.63) is 105 Å². The maximum Gasteiger partial charge on any atom is 0.414 e. The van der Waals surface area contributed by atoms with E-state index in [2.05, 4.69) is 56.4 Å². The van der Waals surface area contributed by atoms with E-state index in [1.165, 1.54) is 33.4 Å². The lowest BCUT2D eigenvalue weighted by atomic mass is 10.1. The second-order valence-corrected chi connectivity index (χ2v) is 9.44. The molecule has 10 heteroatoms. The number of nitrogens with one attached hydrogen (secondary N) is 2. The number of fused-ring (bicyclic) bond motifs is 2. The Bertz CT molecular complexity index is 1380. The number of hydrogen-bond donors (Lipinski definition) is 4. The highest BCUT2D eigenvalue weighted by Crippen LogP contribution is 2.35. The average Bonchev–Trinajstić information content (AvgIpc) is 3.70. The largest absolute Gasteiger partial charge is 0.473 e. The molecule has 0 bridgehead atoms. The number of benzene rings is 2. The first-order valence-corrected chi connectivity index (χ1v) is 12.5. The van der Waals surface area contributed by atoms with Crippen molar-refractivity contribution < 1.29 is 19.8 Å². The molecular formula is C28H24Cl2N4O4. The van der Waals surface area contributed by atoms with Crippen molar-refractivity contribution >= 4 is 58.4 Å². The third kappa shape index (κ3) is 7.00. The summed E-state index contributed by atoms with van der Waals surface area (Å²) in [6, 6.07) is 12.2. The van der Waals surface area contributed by atoms with Gasteiger partial charge in [-0.05, 0) is 95.5 Å². The van der Waals surface area contributed by atoms with Crippen LogP contribution in [-0.2, 0) is 22.4 Å². The highest BCUT2D eigenvalue weighted by molar-refractivity contribution is 6.31. The first kappa shape index (κ1) is 26.9. The second-order valence-electron chi connectivity index (χ2n) is 8.57. The molecule has 2 aromatic carbocycles. The van der Waals surface area contributed by atoms with Crippen LogP contribution >= 0.6 is 23.2 Å². The van der Waals surface area contributed by atoms with Gasteiger partial charge in [-0.2, -0.15) is 0 Å². The quantitative estimate of drug-likeness (QED) is 0.218. The number of carbonyl (C=O) groups is 2. The van der Waals surface area contributed by atoms with Crippen LogP contribution in [0.1, 0.15) is 46.5 Å². The number of carboxylic acid groups (broad SMARTS) is 2. The van der Waals surface area contributed by atoms with Gasteiger partial charge >= 0.3 is 11.9 Å². The number of imidazole rings is 2. The Hall–Kier alpha value is -4.14. The number of nitrogens with zero attached hydrogens (tertiary/aromatic N) is 2. The molecule has 0 saturated carbocycles. The number of hydrogen-bond acceptors (Lipinski definition) is 4. The molecule has 4 N–H and O–H groups in total. The first-order chi connectivity index (χ1) is 18.3. The fraction of sp³-hybridized carbons (Fsp3) is 0.143. The molecule has 38 heavy (non-hydrogen) atoms. The number of rotatable bonds is 2. The molecule has 2 aliphatic rings. The monoisotopic (exact) mass is 550 g/mol. The van der Waals surface area contributed by atoms with Crippen LogP contribution in [0.3, 0.4) is 0 Å². The molecule has 0 spiro atoms. The lowest BCUT2D eigenvalue weighted by Crippen LogP contribution is -2.09. The fourth-order valence-electron chi connectivity index (χ4n) is 4.34. The topological polar surface area (TPSA) is 132 Å². The summed E-state index contributed by atoms with van der Waals surface area (Å²) in [5, 5.41) is 16.4. The van der Waals surface area contributed by atoms with Crippen molar-refractivity contribution in [2.75, 3.05) is 0 Å². The Labute approximate surface area is 228 Å². The normalized spacial score (nSPS) is 15.2. The molecule has 0 atom stereocenters. The second kappa shape index (κ2) is 12.4. The summed E-state index contributed by atoms with van der Waals surface area (Å²) < 4.78 is 0. The summed E-state index contributed by atoms with van der Waals surface area (Å²) in [5.41, 5.74) is 10.1. The zero-order chi connectivity index (χ0) is 27.1. The number of aryl methyl sites for hydroxylation is 2. The van der Waals surface area contributed by atoms with Crippen molar-refractivity contribution in [1.82, 2.24) is 19.9 Å². The van der Waals surface area contributed by atoms with E-state index in [0.29, 0.717) is 0 Å². The van der Waals surface area contributed by atoms with Gasteiger partial charge in [0, 0.05) is 10.0 Å². The summed E-state index contributed by atoms with van der Waals surface area (Å²) in [7, 11) is 0. The smallest absolute Gasteiger partial charge is 0.414 e. The molecule has 0 saturated heterocycles. The van der Waals surface area contributed by atoms with Crippen LogP contribution < -0.4 is 0 Å². The number of halogens is 2. The zero-order valence-electron chi connectivity index (χ0n) is 20.1. The van der Waals surface area contributed by atoms with E-state index >= 15 is 0 Å². The summed E-state index contributed by atoms with van der Waals surface area (Å²) in [6.07, 6.45) is 15.7. The third-order valence-corrected chi connectivity index (χ3v) is 6.51. The van der Waals surface area contributed by atoms with Crippen LogP contribution in [0.25, 0.3) is 23.3 Å². The van der Waals surface area contributed by atoms with E-state index < -0.39 is 11.9 Å². The van der Waals surface area contributed by atoms with Gasteiger partial charge in [-0.15, -0.1) is 0 Å². The summed E-state index contributed by atoms with van der Waals surface area (Å²) in [6.45, 7) is 0. The maximum atomic E-state index is 9.10. The number of H-pyrrole nitrogens is 2. The van der Waals surface area contributed by atoms with Crippen LogP contribution in [0.2, 0.25) is 10.0 Å². The van der Waals surface area contributed by atoms with Crippen molar-refractivity contribution in [1.29, 1.82) is 0 Å². The Morgan fingerprint density at radius 1 is 0.711 bits per heavy atom. The van der Waals surface area contributed by atoms with Gasteiger partial charge in [-0.3, -0.25) is 0 Å². The van der Waals surface area contributed by atoms with E-state index in [0.717, 1.165) is 47.1 Å². The van der Waals surface area contributed by atoms with Gasteiger partial charge in [0.15, 0.2) is 0 Å². The van der Waals surface area contributed by atoms with Gasteiger partial charge in [-0.25, -0.2) is 19.6 Å². The molecule has 0 amide bonds. The van der Waals surface area contributed by atoms with Crippen LogP contribution in [0.4, 0.5) is 0 Å². The molecule has 0 radical (unpaired) electrons. The predicted molar refractivity (Wildman–Crippen MR) is 148 cm³/mol. The van der Waals surface area contributed by atoms with Crippen molar-refractivity contribution in [2.24, 2.45) is 0 Å². The molecule has 2 heterocycles. The number of aromatic amines is 2. The minimum absolute atomic E-state index is 0.821. The summed E-state index contributed by atoms with van der Waals surface area (Å²) >= 11 is 12.0. The summed E-state index contributed by atoms with van der Waals surface area (Å²) in [4.78, 5) is 32.4. The molecule has 4 aromatic rings. The standard InChI is InChI=1S/2C13H11ClN2.C2H2O4/c2*14-11-3-4-13-9(5-11)1-2-10(13)6-12-7-15-8-16-12;3-1(4)2(5)6/h2*3-8H,1-2H2,(H,15,16);(H,3,4)(H,5,6)/b2*10-6-;. The number of carboxylic acids is 2. The van der Waals surface area contributed by atoms with Gasteiger partial charge in [0.05, 0.1) is 36.4 Å². The Morgan fingerprint density at radius 3 is 1.47 bits per heavy atom. The molecule has 2 aliphatic carbocycles. The highest BCUT2D eigenvalue weighted by Gasteiger charge is 2.17. The molecule has 194 valence electrons. The minimum Gasteiger partial charge on any atom is -0.473 e. The van der Waals surface area contributed by atoms with Gasteiger partial charge in [0.25, 0.3) is 0 Å². The van der Waals surface area contributed by atoms with Crippen molar-refractivity contribution in [2.45, 2.75) is 25.7 Å². The van der Waals surface area contributed by atoms with Gasteiger partial charge in [0.1, 0.15) is 0 Å². The molecule has 2 aromatic heterocycles. The Balaban J connectivity index is 0.000000147. The van der Waals surface area contributed by atoms with E-state index in [-0.39, 0.29) is 0 Å². The van der Waals surface area contributed by atoms with E-state index in [1.54, 1.807) is 12.7 Å². The zero-order valence-corrected chi connectivity index (χ0v) is 21.6. The molecular weight excluding hydrogens is 527 g/mol. The molecule has 6 rings (SSSR count). The van der Waals surface area contributed by atoms with E-state index in [4.69, 9.17) is 43.0 Å². The SMILES string of the molecule is Clc1ccc2c(c1)CC/C2=C/c1cnc[nH]1.Clc1ccc2c(c1)CC/C2=C/c1cnc[nH]1.O=C(O)C(=O)O. The maximum absolute atomic E-state index is 9.10. The van der Waals surface area contributed by atoms with Crippen LogP contribution in [0.15, 0.2) is 61.4 Å². The highest BCUT2D eigenvalue weighted by atomic mass is 35.5. The van der Waals surface area contributed by atoms with Crippen molar-refractivity contribution in [3.63, 3.8) is 0 Å². The van der Waals surface area contributed by atoms with Gasteiger partial charge in [-0.1, -0.05) is 35.3 Å². The first-order valence-electron chi connectivity index (χ1n) is 11.7. The third-order valence-electron chi connectivity index (χ3n) is 6.04. The van der Waals surface area contributed by atoms with Crippen LogP contribution in [0.5, 0.6) is 0 Å². The van der Waals surface area contributed by atoms with Gasteiger partial charge < -0.3 is 20.2 Å². The molecule has 0 fully saturated rings. The number of allylic oxidation sites excluding steroid dienone is 2. The van der Waals surface area contributed by atoms with Crippen LogP contribution in [-0.4, -0.2) is 42.1 Å². The van der Waals surface area contributed by atoms with Crippen molar-refractivity contribution in [3.8, 4) is 0 Å².